The van der Waals surface area contributed by atoms with Crippen molar-refractivity contribution in [3.63, 3.8) is 0 Å². The molecule has 0 atom stereocenters. The lowest BCUT2D eigenvalue weighted by molar-refractivity contribution is -0.115. The first-order valence-electron chi connectivity index (χ1n) is 8.35. The van der Waals surface area contributed by atoms with Crippen LogP contribution in [0.4, 0.5) is 5.69 Å². The van der Waals surface area contributed by atoms with E-state index in [4.69, 9.17) is 27.6 Å². The number of furan rings is 1. The Morgan fingerprint density at radius 1 is 1.07 bits per heavy atom. The van der Waals surface area contributed by atoms with Crippen molar-refractivity contribution in [3.05, 3.63) is 78.2 Å². The first-order chi connectivity index (χ1) is 14.4. The number of carbonyl (C=O) groups is 1. The standard InChI is InChI=1S/C20H10Br2Cl2N2O2S2/c21-14-6-3-11(7-16(14)24)25-20-26-18(27)17(30-20)9-12-8-15(22)19(28-12)29-13-4-1-10(23)2-5-13/h1-9H,(H,25,26,27)/b17-9-. The van der Waals surface area contributed by atoms with E-state index in [1.807, 2.05) is 30.3 Å². The molecular formula is C20H10Br2Cl2N2O2S2. The molecule has 10 heteroatoms. The molecule has 1 aliphatic rings. The summed E-state index contributed by atoms with van der Waals surface area (Å²) in [4.78, 5) is 18.2. The van der Waals surface area contributed by atoms with Gasteiger partial charge in [-0.2, -0.15) is 0 Å². The molecule has 152 valence electrons. The largest absolute Gasteiger partial charge is 0.449 e. The summed E-state index contributed by atoms with van der Waals surface area (Å²) in [5.74, 6) is 0.324. The summed E-state index contributed by atoms with van der Waals surface area (Å²) in [7, 11) is 0. The van der Waals surface area contributed by atoms with E-state index in [0.717, 1.165) is 13.8 Å². The molecule has 0 bridgehead atoms. The first kappa shape index (κ1) is 22.0. The molecule has 0 saturated carbocycles. The van der Waals surface area contributed by atoms with Gasteiger partial charge in [-0.25, -0.2) is 4.99 Å². The average molecular weight is 605 g/mol. The zero-order valence-electron chi connectivity index (χ0n) is 14.8. The highest BCUT2D eigenvalue weighted by Gasteiger charge is 2.25. The van der Waals surface area contributed by atoms with Gasteiger partial charge in [-0.1, -0.05) is 35.0 Å². The van der Waals surface area contributed by atoms with Gasteiger partial charge in [0, 0.05) is 20.5 Å². The molecular weight excluding hydrogens is 595 g/mol. The summed E-state index contributed by atoms with van der Waals surface area (Å²) in [6, 6.07) is 14.6. The number of nitrogens with one attached hydrogen (secondary N) is 1. The average Bonchev–Trinajstić information content (AvgIpc) is 3.22. The van der Waals surface area contributed by atoms with Crippen molar-refractivity contribution in [1.82, 2.24) is 5.32 Å². The van der Waals surface area contributed by atoms with Gasteiger partial charge in [0.05, 0.1) is 20.1 Å². The number of rotatable bonds is 4. The lowest BCUT2D eigenvalue weighted by Gasteiger charge is -1.99. The second kappa shape index (κ2) is 9.54. The molecule has 0 radical (unpaired) electrons. The van der Waals surface area contributed by atoms with E-state index in [1.54, 1.807) is 24.3 Å². The number of carbonyl (C=O) groups excluding carboxylic acids is 1. The van der Waals surface area contributed by atoms with Gasteiger partial charge in [0.1, 0.15) is 5.76 Å². The van der Waals surface area contributed by atoms with Crippen molar-refractivity contribution in [2.45, 2.75) is 9.99 Å². The van der Waals surface area contributed by atoms with Crippen molar-refractivity contribution < 1.29 is 9.21 Å². The molecule has 1 fully saturated rings. The third kappa shape index (κ3) is 5.36. The predicted molar refractivity (Wildman–Crippen MR) is 132 cm³/mol. The van der Waals surface area contributed by atoms with Crippen LogP contribution in [0.25, 0.3) is 6.08 Å². The van der Waals surface area contributed by atoms with Crippen molar-refractivity contribution in [1.29, 1.82) is 0 Å². The van der Waals surface area contributed by atoms with Gasteiger partial charge < -0.3 is 9.73 Å². The molecule has 30 heavy (non-hydrogen) atoms. The second-order valence-corrected chi connectivity index (χ2v) is 10.5. The fourth-order valence-electron chi connectivity index (χ4n) is 2.40. The fourth-order valence-corrected chi connectivity index (χ4v) is 5.10. The summed E-state index contributed by atoms with van der Waals surface area (Å²) in [6.07, 6.45) is 1.69. The number of hydrogen-bond acceptors (Lipinski definition) is 5. The molecule has 1 aliphatic heterocycles. The smallest absolute Gasteiger partial charge is 0.264 e. The SMILES string of the molecule is O=C1NC(=Nc2ccc(Br)c(Cl)c2)S/C1=C\c1cc(Br)c(Sc2ccc(Cl)cc2)o1. The number of amidine groups is 1. The van der Waals surface area contributed by atoms with E-state index in [9.17, 15) is 4.79 Å². The second-order valence-electron chi connectivity index (χ2n) is 5.92. The highest BCUT2D eigenvalue weighted by atomic mass is 79.9. The van der Waals surface area contributed by atoms with E-state index in [2.05, 4.69) is 42.2 Å². The molecule has 4 nitrogen and oxygen atoms in total. The van der Waals surface area contributed by atoms with E-state index in [-0.39, 0.29) is 5.91 Å². The molecule has 3 aromatic rings. The third-order valence-electron chi connectivity index (χ3n) is 3.76. The van der Waals surface area contributed by atoms with Gasteiger partial charge in [-0.3, -0.25) is 4.79 Å². The summed E-state index contributed by atoms with van der Waals surface area (Å²) in [5, 5.41) is 5.14. The fraction of sp³-hybridized carbons (Fsp3) is 0. The van der Waals surface area contributed by atoms with Crippen molar-refractivity contribution in [2.24, 2.45) is 4.99 Å². The molecule has 1 saturated heterocycles. The summed E-state index contributed by atoms with van der Waals surface area (Å²) in [6.45, 7) is 0. The van der Waals surface area contributed by atoms with Gasteiger partial charge >= 0.3 is 0 Å². The number of halogens is 4. The van der Waals surface area contributed by atoms with Crippen LogP contribution < -0.4 is 5.32 Å². The van der Waals surface area contributed by atoms with Crippen LogP contribution in [0.1, 0.15) is 5.76 Å². The van der Waals surface area contributed by atoms with E-state index < -0.39 is 0 Å². The normalized spacial score (nSPS) is 16.5. The Bertz CT molecular complexity index is 1190. The molecule has 2 aromatic carbocycles. The van der Waals surface area contributed by atoms with E-state index in [0.29, 0.717) is 36.7 Å². The molecule has 0 unspecified atom stereocenters. The Morgan fingerprint density at radius 3 is 2.57 bits per heavy atom. The van der Waals surface area contributed by atoms with E-state index in [1.165, 1.54) is 23.5 Å². The number of nitrogens with zero attached hydrogens (tertiary/aromatic N) is 1. The minimum Gasteiger partial charge on any atom is -0.449 e. The lowest BCUT2D eigenvalue weighted by Crippen LogP contribution is -2.19. The predicted octanol–water partition coefficient (Wildman–Crippen LogP) is 8.15. The maximum absolute atomic E-state index is 12.3. The summed E-state index contributed by atoms with van der Waals surface area (Å²) in [5.41, 5.74) is 0.648. The topological polar surface area (TPSA) is 54.6 Å². The van der Waals surface area contributed by atoms with Gasteiger partial charge in [-0.15, -0.1) is 0 Å². The lowest BCUT2D eigenvalue weighted by atomic mass is 10.3. The number of aliphatic imine (C=N–C) groups is 1. The van der Waals surface area contributed by atoms with Gasteiger partial charge in [0.2, 0.25) is 0 Å². The van der Waals surface area contributed by atoms with Crippen LogP contribution in [0.15, 0.2) is 81.8 Å². The number of benzene rings is 2. The van der Waals surface area contributed by atoms with Crippen molar-refractivity contribution in [2.75, 3.05) is 0 Å². The Balaban J connectivity index is 1.52. The number of amides is 1. The van der Waals surface area contributed by atoms with E-state index >= 15 is 0 Å². The zero-order chi connectivity index (χ0) is 21.3. The van der Waals surface area contributed by atoms with Gasteiger partial charge in [-0.05, 0) is 92.2 Å². The first-order valence-corrected chi connectivity index (χ1v) is 12.3. The summed E-state index contributed by atoms with van der Waals surface area (Å²) < 4.78 is 7.48. The quantitative estimate of drug-likeness (QED) is 0.305. The highest BCUT2D eigenvalue weighted by molar-refractivity contribution is 9.10. The van der Waals surface area contributed by atoms with Crippen LogP contribution in [0.5, 0.6) is 0 Å². The zero-order valence-corrected chi connectivity index (χ0v) is 21.1. The van der Waals surface area contributed by atoms with Crippen molar-refractivity contribution >= 4 is 101 Å². The minimum atomic E-state index is -0.235. The van der Waals surface area contributed by atoms with Crippen LogP contribution >= 0.6 is 78.6 Å². The Labute approximate surface area is 207 Å². The maximum Gasteiger partial charge on any atom is 0.264 e. The molecule has 1 aromatic heterocycles. The Kier molecular flexibility index (Phi) is 7.01. The third-order valence-corrected chi connectivity index (χ3v) is 8.00. The Morgan fingerprint density at radius 2 is 1.83 bits per heavy atom. The molecule has 0 spiro atoms. The highest BCUT2D eigenvalue weighted by Crippen LogP contribution is 2.38. The molecule has 1 N–H and O–H groups in total. The molecule has 0 aliphatic carbocycles. The molecule has 2 heterocycles. The van der Waals surface area contributed by atoms with Crippen LogP contribution in [0.2, 0.25) is 10.0 Å². The van der Waals surface area contributed by atoms with Crippen LogP contribution in [-0.4, -0.2) is 11.1 Å². The Hall–Kier alpha value is -1.16. The van der Waals surface area contributed by atoms with Crippen LogP contribution in [-0.2, 0) is 4.79 Å². The number of thioether (sulfide) groups is 1. The minimum absolute atomic E-state index is 0.235. The maximum atomic E-state index is 12.3. The van der Waals surface area contributed by atoms with Gasteiger partial charge in [0.25, 0.3) is 5.91 Å². The monoisotopic (exact) mass is 602 g/mol. The van der Waals surface area contributed by atoms with Crippen molar-refractivity contribution in [3.8, 4) is 0 Å². The number of hydrogen-bond donors (Lipinski definition) is 1. The van der Waals surface area contributed by atoms with Crippen LogP contribution in [0, 0.1) is 0 Å². The van der Waals surface area contributed by atoms with Gasteiger partial charge in [0.15, 0.2) is 10.3 Å². The molecule has 1 amide bonds. The summed E-state index contributed by atoms with van der Waals surface area (Å²) >= 11 is 21.6. The molecule has 4 rings (SSSR count). The van der Waals surface area contributed by atoms with Crippen LogP contribution in [0.3, 0.4) is 0 Å².